The minimum absolute atomic E-state index is 0.0387. The maximum Gasteiger partial charge on any atom is 0.317 e. The first-order chi connectivity index (χ1) is 8.65. The van der Waals surface area contributed by atoms with Crippen LogP contribution in [0.1, 0.15) is 12.8 Å². The molecule has 18 heavy (non-hydrogen) atoms. The summed E-state index contributed by atoms with van der Waals surface area (Å²) in [6, 6.07) is 8.47. The highest BCUT2D eigenvalue weighted by Gasteiger charge is 2.20. The van der Waals surface area contributed by atoms with Crippen LogP contribution in [0.2, 0.25) is 0 Å². The van der Waals surface area contributed by atoms with E-state index in [-0.39, 0.29) is 12.6 Å². The highest BCUT2D eigenvalue weighted by molar-refractivity contribution is 9.10. The number of nitrogens with zero attached hydrogens (tertiary/aromatic N) is 1. The summed E-state index contributed by atoms with van der Waals surface area (Å²) in [4.78, 5) is 12.9. The number of carbonyl (C=O) groups is 1. The second kappa shape index (κ2) is 6.20. The Morgan fingerprint density at radius 2 is 2.39 bits per heavy atom. The highest BCUT2D eigenvalue weighted by atomic mass is 79.9. The first-order valence-corrected chi connectivity index (χ1v) is 6.90. The highest BCUT2D eigenvalue weighted by Crippen LogP contribution is 2.23. The number of carboxylic acids is 1. The van der Waals surface area contributed by atoms with Crippen molar-refractivity contribution in [2.75, 3.05) is 24.5 Å². The number of anilines is 1. The quantitative estimate of drug-likeness (QED) is 0.894. The Kier molecular flexibility index (Phi) is 4.60. The van der Waals surface area contributed by atoms with E-state index in [1.807, 2.05) is 12.1 Å². The predicted octanol–water partition coefficient (Wildman–Crippen LogP) is 2.09. The Balaban J connectivity index is 1.96. The van der Waals surface area contributed by atoms with Crippen molar-refractivity contribution < 1.29 is 9.90 Å². The average molecular weight is 313 g/mol. The molecule has 1 unspecified atom stereocenters. The second-order valence-electron chi connectivity index (χ2n) is 4.54. The lowest BCUT2D eigenvalue weighted by molar-refractivity contribution is -0.136. The molecule has 2 rings (SSSR count). The zero-order valence-electron chi connectivity index (χ0n) is 10.1. The van der Waals surface area contributed by atoms with Crippen molar-refractivity contribution in [3.63, 3.8) is 0 Å². The van der Waals surface area contributed by atoms with Gasteiger partial charge in [0.05, 0.1) is 6.54 Å². The number of aliphatic carboxylic acids is 1. The number of benzene rings is 1. The van der Waals surface area contributed by atoms with E-state index in [9.17, 15) is 4.79 Å². The van der Waals surface area contributed by atoms with Crippen molar-refractivity contribution in [2.45, 2.75) is 18.9 Å². The topological polar surface area (TPSA) is 52.6 Å². The molecule has 0 amide bonds. The third kappa shape index (κ3) is 3.71. The largest absolute Gasteiger partial charge is 0.480 e. The van der Waals surface area contributed by atoms with Crippen LogP contribution in [0.25, 0.3) is 0 Å². The van der Waals surface area contributed by atoms with Gasteiger partial charge < -0.3 is 15.3 Å². The summed E-state index contributed by atoms with van der Waals surface area (Å²) >= 11 is 3.47. The van der Waals surface area contributed by atoms with Gasteiger partial charge in [0.15, 0.2) is 0 Å². The SMILES string of the molecule is O=C(O)CNC1CCCN(c2cccc(Br)c2)C1. The molecular formula is C13H17BrN2O2. The van der Waals surface area contributed by atoms with E-state index >= 15 is 0 Å². The molecule has 0 bridgehead atoms. The van der Waals surface area contributed by atoms with Crippen LogP contribution in [0.3, 0.4) is 0 Å². The molecule has 4 nitrogen and oxygen atoms in total. The monoisotopic (exact) mass is 312 g/mol. The maximum absolute atomic E-state index is 10.6. The van der Waals surface area contributed by atoms with Gasteiger partial charge in [0.2, 0.25) is 0 Å². The van der Waals surface area contributed by atoms with Crippen LogP contribution in [-0.4, -0.2) is 36.8 Å². The standard InChI is InChI=1S/C13H17BrN2O2/c14-10-3-1-5-12(7-10)16-6-2-4-11(9-16)15-8-13(17)18/h1,3,5,7,11,15H,2,4,6,8-9H2,(H,17,18). The van der Waals surface area contributed by atoms with E-state index in [0.717, 1.165) is 30.4 Å². The lowest BCUT2D eigenvalue weighted by Gasteiger charge is -2.34. The summed E-state index contributed by atoms with van der Waals surface area (Å²) in [5, 5.41) is 11.8. The van der Waals surface area contributed by atoms with Crippen molar-refractivity contribution in [3.8, 4) is 0 Å². The van der Waals surface area contributed by atoms with E-state index in [0.29, 0.717) is 0 Å². The van der Waals surface area contributed by atoms with Crippen molar-refractivity contribution in [2.24, 2.45) is 0 Å². The summed E-state index contributed by atoms with van der Waals surface area (Å²) in [5.41, 5.74) is 1.19. The Bertz CT molecular complexity index is 425. The van der Waals surface area contributed by atoms with E-state index in [1.165, 1.54) is 5.69 Å². The van der Waals surface area contributed by atoms with Crippen LogP contribution < -0.4 is 10.2 Å². The molecule has 2 N–H and O–H groups in total. The van der Waals surface area contributed by atoms with Crippen molar-refractivity contribution in [1.29, 1.82) is 0 Å². The Labute approximate surface area is 115 Å². The minimum Gasteiger partial charge on any atom is -0.480 e. The van der Waals surface area contributed by atoms with Crippen LogP contribution in [0.15, 0.2) is 28.7 Å². The Morgan fingerprint density at radius 3 is 3.11 bits per heavy atom. The normalized spacial score (nSPS) is 19.8. The van der Waals surface area contributed by atoms with Gasteiger partial charge in [-0.1, -0.05) is 22.0 Å². The maximum atomic E-state index is 10.6. The fourth-order valence-corrected chi connectivity index (χ4v) is 2.67. The second-order valence-corrected chi connectivity index (χ2v) is 5.46. The van der Waals surface area contributed by atoms with Crippen molar-refractivity contribution in [3.05, 3.63) is 28.7 Å². The van der Waals surface area contributed by atoms with Gasteiger partial charge in [0.1, 0.15) is 0 Å². The molecule has 0 saturated carbocycles. The van der Waals surface area contributed by atoms with Gasteiger partial charge in [-0.05, 0) is 31.0 Å². The summed E-state index contributed by atoms with van der Waals surface area (Å²) in [7, 11) is 0. The summed E-state index contributed by atoms with van der Waals surface area (Å²) < 4.78 is 1.07. The summed E-state index contributed by atoms with van der Waals surface area (Å²) in [5.74, 6) is -0.797. The molecule has 1 atom stereocenters. The molecule has 1 aliphatic heterocycles. The Hall–Kier alpha value is -1.07. The van der Waals surface area contributed by atoms with Gasteiger partial charge in [-0.2, -0.15) is 0 Å². The summed E-state index contributed by atoms with van der Waals surface area (Å²) in [6.07, 6.45) is 2.13. The molecule has 0 radical (unpaired) electrons. The molecule has 1 fully saturated rings. The molecule has 1 heterocycles. The van der Waals surface area contributed by atoms with Gasteiger partial charge in [-0.15, -0.1) is 0 Å². The van der Waals surface area contributed by atoms with Gasteiger partial charge in [0, 0.05) is 29.3 Å². The Morgan fingerprint density at radius 1 is 1.56 bits per heavy atom. The molecule has 1 aromatic rings. The van der Waals surface area contributed by atoms with Crippen LogP contribution >= 0.6 is 15.9 Å². The van der Waals surface area contributed by atoms with Gasteiger partial charge in [-0.3, -0.25) is 4.79 Å². The van der Waals surface area contributed by atoms with Gasteiger partial charge >= 0.3 is 5.97 Å². The molecular weight excluding hydrogens is 296 g/mol. The van der Waals surface area contributed by atoms with Crippen molar-refractivity contribution in [1.82, 2.24) is 5.32 Å². The number of halogens is 1. The smallest absolute Gasteiger partial charge is 0.317 e. The third-order valence-corrected chi connectivity index (χ3v) is 3.63. The number of hydrogen-bond donors (Lipinski definition) is 2. The number of carboxylic acid groups (broad SMARTS) is 1. The van der Waals surface area contributed by atoms with E-state index in [2.05, 4.69) is 38.3 Å². The number of piperidine rings is 1. The van der Waals surface area contributed by atoms with Crippen molar-refractivity contribution >= 4 is 27.6 Å². The molecule has 98 valence electrons. The van der Waals surface area contributed by atoms with E-state index in [1.54, 1.807) is 0 Å². The molecule has 0 aliphatic carbocycles. The van der Waals surface area contributed by atoms with Gasteiger partial charge in [-0.25, -0.2) is 0 Å². The fourth-order valence-electron chi connectivity index (χ4n) is 2.28. The molecule has 1 saturated heterocycles. The predicted molar refractivity (Wildman–Crippen MR) is 75.0 cm³/mol. The van der Waals surface area contributed by atoms with Crippen LogP contribution in [0.5, 0.6) is 0 Å². The van der Waals surface area contributed by atoms with Crippen LogP contribution in [0, 0.1) is 0 Å². The molecule has 0 aromatic heterocycles. The fraction of sp³-hybridized carbons (Fsp3) is 0.462. The number of nitrogens with one attached hydrogen (secondary N) is 1. The van der Waals surface area contributed by atoms with Crippen LogP contribution in [-0.2, 0) is 4.79 Å². The minimum atomic E-state index is -0.797. The number of hydrogen-bond acceptors (Lipinski definition) is 3. The summed E-state index contributed by atoms with van der Waals surface area (Å²) in [6.45, 7) is 1.93. The average Bonchev–Trinajstić information content (AvgIpc) is 2.37. The molecule has 1 aliphatic rings. The molecule has 1 aromatic carbocycles. The third-order valence-electron chi connectivity index (χ3n) is 3.14. The van der Waals surface area contributed by atoms with E-state index < -0.39 is 5.97 Å². The zero-order chi connectivity index (χ0) is 13.0. The lowest BCUT2D eigenvalue weighted by Crippen LogP contribution is -2.47. The zero-order valence-corrected chi connectivity index (χ0v) is 11.7. The lowest BCUT2D eigenvalue weighted by atomic mass is 10.0. The number of rotatable bonds is 4. The van der Waals surface area contributed by atoms with Gasteiger partial charge in [0.25, 0.3) is 0 Å². The molecule has 5 heteroatoms. The first-order valence-electron chi connectivity index (χ1n) is 6.11. The first kappa shape index (κ1) is 13.4. The van der Waals surface area contributed by atoms with Crippen LogP contribution in [0.4, 0.5) is 5.69 Å². The van der Waals surface area contributed by atoms with E-state index in [4.69, 9.17) is 5.11 Å². The molecule has 0 spiro atoms.